The van der Waals surface area contributed by atoms with Crippen molar-refractivity contribution >= 4 is 19.6 Å². The summed E-state index contributed by atoms with van der Waals surface area (Å²) >= 11 is 0. The highest BCUT2D eigenvalue weighted by atomic mass is 28.3. The molecular formula is C18H20O4Si. The Hall–Kier alpha value is -2.32. The van der Waals surface area contributed by atoms with E-state index in [0.717, 1.165) is 11.6 Å². The molecule has 2 rings (SSSR count). The van der Waals surface area contributed by atoms with Crippen LogP contribution in [0.4, 0.5) is 0 Å². The minimum atomic E-state index is -1.51. The highest BCUT2D eigenvalue weighted by Gasteiger charge is 2.31. The molecule has 0 atom stereocenters. The van der Waals surface area contributed by atoms with E-state index in [1.165, 1.54) is 7.11 Å². The molecule has 0 unspecified atom stereocenters. The molecule has 23 heavy (non-hydrogen) atoms. The van der Waals surface area contributed by atoms with Crippen LogP contribution >= 0.6 is 0 Å². The Morgan fingerprint density at radius 1 is 1.26 bits per heavy atom. The molecule has 1 aromatic carbocycles. The third-order valence-electron chi connectivity index (χ3n) is 3.56. The van der Waals surface area contributed by atoms with Gasteiger partial charge in [-0.05, 0) is 18.6 Å². The number of phenolic OH excluding ortho intramolecular Hbond substituents is 1. The zero-order chi connectivity index (χ0) is 17.4. The van der Waals surface area contributed by atoms with Crippen LogP contribution in [0, 0.1) is 18.4 Å². The predicted molar refractivity (Wildman–Crippen MR) is 91.4 cm³/mol. The van der Waals surface area contributed by atoms with Gasteiger partial charge < -0.3 is 9.84 Å². The summed E-state index contributed by atoms with van der Waals surface area (Å²) in [6.07, 6.45) is 1.51. The van der Waals surface area contributed by atoms with Crippen molar-refractivity contribution in [3.05, 3.63) is 40.2 Å². The molecule has 0 spiro atoms. The Balaban J connectivity index is 2.54. The smallest absolute Gasteiger partial charge is 0.232 e. The van der Waals surface area contributed by atoms with Crippen LogP contribution in [0.1, 0.15) is 31.8 Å². The molecular weight excluding hydrogens is 308 g/mol. The number of hydrogen-bond acceptors (Lipinski definition) is 4. The van der Waals surface area contributed by atoms with Gasteiger partial charge in [-0.25, -0.2) is 0 Å². The van der Waals surface area contributed by atoms with Crippen LogP contribution in [-0.4, -0.2) is 31.9 Å². The Morgan fingerprint density at radius 3 is 2.48 bits per heavy atom. The molecule has 0 amide bonds. The maximum atomic E-state index is 12.4. The number of Topliss-reactive ketones (excluding diaryl/α,β-unsaturated/α-hetero) is 1. The maximum absolute atomic E-state index is 12.4. The maximum Gasteiger partial charge on any atom is 0.232 e. The second-order valence-corrected chi connectivity index (χ2v) is 11.3. The van der Waals surface area contributed by atoms with Crippen molar-refractivity contribution in [1.82, 2.24) is 0 Å². The number of phenols is 1. The Bertz CT molecular complexity index is 786. The van der Waals surface area contributed by atoms with E-state index in [4.69, 9.17) is 4.74 Å². The third kappa shape index (κ3) is 3.38. The van der Waals surface area contributed by atoms with E-state index in [1.807, 2.05) is 0 Å². The van der Waals surface area contributed by atoms with Crippen LogP contribution < -0.4 is 0 Å². The van der Waals surface area contributed by atoms with E-state index in [2.05, 4.69) is 31.1 Å². The Labute approximate surface area is 137 Å². The first-order valence-corrected chi connectivity index (χ1v) is 10.9. The molecule has 5 heteroatoms. The zero-order valence-electron chi connectivity index (χ0n) is 14.0. The minimum Gasteiger partial charge on any atom is -0.507 e. The van der Waals surface area contributed by atoms with Crippen molar-refractivity contribution in [3.8, 4) is 17.2 Å². The molecule has 1 aliphatic rings. The predicted octanol–water partition coefficient (Wildman–Crippen LogP) is 3.03. The second-order valence-electron chi connectivity index (χ2n) is 6.58. The van der Waals surface area contributed by atoms with E-state index in [1.54, 1.807) is 13.0 Å². The van der Waals surface area contributed by atoms with Gasteiger partial charge in [-0.2, -0.15) is 0 Å². The first-order chi connectivity index (χ1) is 10.7. The molecule has 0 aliphatic heterocycles. The molecule has 120 valence electrons. The van der Waals surface area contributed by atoms with Gasteiger partial charge in [0, 0.05) is 23.6 Å². The summed E-state index contributed by atoms with van der Waals surface area (Å²) in [7, 11) is -0.182. The normalized spacial score (nSPS) is 13.9. The molecule has 0 saturated carbocycles. The van der Waals surface area contributed by atoms with Crippen LogP contribution in [-0.2, 0) is 11.2 Å². The first kappa shape index (κ1) is 17.0. The van der Waals surface area contributed by atoms with Crippen molar-refractivity contribution in [3.63, 3.8) is 0 Å². The number of benzene rings is 1. The van der Waals surface area contributed by atoms with Gasteiger partial charge in [-0.3, -0.25) is 9.59 Å². The van der Waals surface area contributed by atoms with Gasteiger partial charge in [-0.15, -0.1) is 11.5 Å². The van der Waals surface area contributed by atoms with Gasteiger partial charge in [0.1, 0.15) is 13.8 Å². The van der Waals surface area contributed by atoms with Gasteiger partial charge in [-0.1, -0.05) is 19.6 Å². The van der Waals surface area contributed by atoms with E-state index < -0.39 is 13.9 Å². The molecule has 1 N–H and O–H groups in total. The van der Waals surface area contributed by atoms with E-state index in [0.29, 0.717) is 12.0 Å². The minimum absolute atomic E-state index is 0.0183. The van der Waals surface area contributed by atoms with Crippen LogP contribution in [0.15, 0.2) is 17.9 Å². The third-order valence-corrected chi connectivity index (χ3v) is 4.48. The molecule has 0 radical (unpaired) electrons. The lowest BCUT2D eigenvalue weighted by Gasteiger charge is -2.18. The van der Waals surface area contributed by atoms with Crippen molar-refractivity contribution in [1.29, 1.82) is 0 Å². The number of carbonyl (C=O) groups is 2. The molecule has 0 saturated heterocycles. The van der Waals surface area contributed by atoms with Crippen molar-refractivity contribution < 1.29 is 19.4 Å². The summed E-state index contributed by atoms with van der Waals surface area (Å²) in [5.74, 6) is 2.06. The number of aryl methyl sites for hydroxylation is 1. The average Bonchev–Trinajstić information content (AvgIpc) is 2.44. The number of allylic oxidation sites excluding steroid dienone is 2. The number of aromatic hydroxyl groups is 1. The lowest BCUT2D eigenvalue weighted by atomic mass is 9.87. The number of ketones is 2. The van der Waals surface area contributed by atoms with E-state index >= 15 is 0 Å². The van der Waals surface area contributed by atoms with Gasteiger partial charge in [0.05, 0.1) is 12.7 Å². The first-order valence-electron chi connectivity index (χ1n) is 7.36. The molecule has 0 bridgehead atoms. The number of ether oxygens (including phenoxy) is 1. The molecule has 1 aromatic rings. The number of fused-ring (bicyclic) bond motifs is 1. The summed E-state index contributed by atoms with van der Waals surface area (Å²) in [5.41, 5.74) is 4.81. The number of methoxy groups -OCH3 is 1. The van der Waals surface area contributed by atoms with Crippen LogP contribution in [0.3, 0.4) is 0 Å². The van der Waals surface area contributed by atoms with Gasteiger partial charge >= 0.3 is 0 Å². The number of rotatable bonds is 2. The van der Waals surface area contributed by atoms with Crippen molar-refractivity contribution in [2.45, 2.75) is 33.0 Å². The summed E-state index contributed by atoms with van der Waals surface area (Å²) < 4.78 is 4.94. The zero-order valence-corrected chi connectivity index (χ0v) is 15.0. The highest BCUT2D eigenvalue weighted by Crippen LogP contribution is 2.34. The topological polar surface area (TPSA) is 63.6 Å². The molecule has 0 fully saturated rings. The molecule has 0 aromatic heterocycles. The summed E-state index contributed by atoms with van der Waals surface area (Å²) in [4.78, 5) is 24.5. The largest absolute Gasteiger partial charge is 0.507 e. The quantitative estimate of drug-likeness (QED) is 0.669. The van der Waals surface area contributed by atoms with Gasteiger partial charge in [0.2, 0.25) is 5.78 Å². The standard InChI is InChI=1S/C18H20O4Si/c1-11-9-13-14(19)10-15(22-2)18(21)16(13)17(20)12(11)7-6-8-23(3,4)5/h9-10,20H,7H2,1-5H3. The van der Waals surface area contributed by atoms with Crippen LogP contribution in [0.5, 0.6) is 5.75 Å². The molecule has 1 aliphatic carbocycles. The van der Waals surface area contributed by atoms with E-state index in [-0.39, 0.29) is 28.4 Å². The van der Waals surface area contributed by atoms with E-state index in [9.17, 15) is 14.7 Å². The second kappa shape index (κ2) is 6.05. The highest BCUT2D eigenvalue weighted by molar-refractivity contribution is 6.83. The lowest BCUT2D eigenvalue weighted by Crippen LogP contribution is -2.19. The Kier molecular flexibility index (Phi) is 4.48. The van der Waals surface area contributed by atoms with Crippen LogP contribution in [0.25, 0.3) is 0 Å². The fourth-order valence-electron chi connectivity index (χ4n) is 2.42. The Morgan fingerprint density at radius 2 is 1.91 bits per heavy atom. The van der Waals surface area contributed by atoms with Gasteiger partial charge in [0.25, 0.3) is 0 Å². The summed E-state index contributed by atoms with van der Waals surface area (Å²) in [5, 5.41) is 10.5. The average molecular weight is 328 g/mol. The van der Waals surface area contributed by atoms with Crippen molar-refractivity contribution in [2.24, 2.45) is 0 Å². The fraction of sp³-hybridized carbons (Fsp3) is 0.333. The van der Waals surface area contributed by atoms with Gasteiger partial charge in [0.15, 0.2) is 11.5 Å². The number of hydrogen-bond donors (Lipinski definition) is 1. The lowest BCUT2D eigenvalue weighted by molar-refractivity contribution is 0.0913. The monoisotopic (exact) mass is 328 g/mol. The number of carbonyl (C=O) groups excluding carboxylic acids is 2. The molecule has 0 heterocycles. The van der Waals surface area contributed by atoms with Crippen LogP contribution in [0.2, 0.25) is 19.6 Å². The summed E-state index contributed by atoms with van der Waals surface area (Å²) in [6, 6.07) is 1.64. The SMILES string of the molecule is COC1=CC(=O)c2cc(C)c(CC#C[Si](C)(C)C)c(O)c2C1=O. The fourth-order valence-corrected chi connectivity index (χ4v) is 3.04. The summed E-state index contributed by atoms with van der Waals surface area (Å²) in [6.45, 7) is 8.21. The van der Waals surface area contributed by atoms with Crippen molar-refractivity contribution in [2.75, 3.05) is 7.11 Å². The molecule has 4 nitrogen and oxygen atoms in total.